The Morgan fingerprint density at radius 1 is 0.881 bits per heavy atom. The quantitative estimate of drug-likeness (QED) is 0.281. The van der Waals surface area contributed by atoms with Crippen LogP contribution in [0.4, 0.5) is 5.69 Å². The topological polar surface area (TPSA) is 104 Å². The first-order valence-corrected chi connectivity index (χ1v) is 15.8. The Balaban J connectivity index is 2.11. The summed E-state index contributed by atoms with van der Waals surface area (Å²) in [5.41, 5.74) is 1.27. The van der Waals surface area contributed by atoms with E-state index in [9.17, 15) is 22.8 Å². The molecule has 1 unspecified atom stereocenters. The molecule has 0 aliphatic heterocycles. The van der Waals surface area contributed by atoms with Crippen molar-refractivity contribution in [1.82, 2.24) is 10.2 Å². The third-order valence-electron chi connectivity index (χ3n) is 6.33. The molecule has 224 valence electrons. The Morgan fingerprint density at radius 3 is 2.12 bits per heavy atom. The molecule has 3 aromatic rings. The number of benzene rings is 3. The van der Waals surface area contributed by atoms with Crippen LogP contribution in [0.3, 0.4) is 0 Å². The number of anilines is 1. The largest absolute Gasteiger partial charge is 0.350 e. The lowest BCUT2D eigenvalue weighted by Gasteiger charge is -2.35. The summed E-state index contributed by atoms with van der Waals surface area (Å²) >= 11 is 12.4. The number of hydrogen-bond donors (Lipinski definition) is 1. The summed E-state index contributed by atoms with van der Waals surface area (Å²) in [6.45, 7) is 6.23. The minimum Gasteiger partial charge on any atom is -0.350 e. The molecule has 0 radical (unpaired) electrons. The van der Waals surface area contributed by atoms with Crippen LogP contribution in [0.5, 0.6) is 0 Å². The molecular formula is C31H35Cl2N3O5S. The lowest BCUT2D eigenvalue weighted by molar-refractivity contribution is -0.140. The average Bonchev–Trinajstić information content (AvgIpc) is 2.90. The fraction of sp³-hybridized carbons (Fsp3) is 0.323. The number of rotatable bonds is 11. The van der Waals surface area contributed by atoms with E-state index in [2.05, 4.69) is 5.32 Å². The maximum Gasteiger partial charge on any atom is 0.244 e. The van der Waals surface area contributed by atoms with Gasteiger partial charge in [-0.3, -0.25) is 18.7 Å². The van der Waals surface area contributed by atoms with Crippen molar-refractivity contribution in [3.05, 3.63) is 99.5 Å². The number of Topliss-reactive ketones (excluding diaryl/α,β-unsaturated/α-hetero) is 1. The van der Waals surface area contributed by atoms with Crippen LogP contribution in [0.1, 0.15) is 49.2 Å². The Hall–Kier alpha value is -3.40. The number of carbonyl (C=O) groups is 3. The van der Waals surface area contributed by atoms with Gasteiger partial charge in [-0.15, -0.1) is 0 Å². The summed E-state index contributed by atoms with van der Waals surface area (Å²) in [5.74, 6) is -1.27. The van der Waals surface area contributed by atoms with Crippen molar-refractivity contribution in [2.75, 3.05) is 17.1 Å². The van der Waals surface area contributed by atoms with Gasteiger partial charge >= 0.3 is 0 Å². The summed E-state index contributed by atoms with van der Waals surface area (Å²) in [6.07, 6.45) is 1.16. The Morgan fingerprint density at radius 2 is 1.55 bits per heavy atom. The van der Waals surface area contributed by atoms with E-state index in [0.29, 0.717) is 16.1 Å². The highest BCUT2D eigenvalue weighted by molar-refractivity contribution is 7.92. The van der Waals surface area contributed by atoms with E-state index in [0.717, 1.165) is 16.1 Å². The zero-order valence-corrected chi connectivity index (χ0v) is 26.6. The molecule has 42 heavy (non-hydrogen) atoms. The first kappa shape index (κ1) is 33.1. The van der Waals surface area contributed by atoms with Crippen LogP contribution < -0.4 is 9.62 Å². The molecule has 0 saturated carbocycles. The Labute approximate surface area is 257 Å². The van der Waals surface area contributed by atoms with Crippen LogP contribution in [0.2, 0.25) is 10.0 Å². The molecule has 0 aliphatic rings. The summed E-state index contributed by atoms with van der Waals surface area (Å²) in [5, 5.41) is 3.58. The van der Waals surface area contributed by atoms with Crippen molar-refractivity contribution in [2.24, 2.45) is 0 Å². The average molecular weight is 633 g/mol. The van der Waals surface area contributed by atoms with Gasteiger partial charge in [0.2, 0.25) is 21.8 Å². The van der Waals surface area contributed by atoms with Crippen LogP contribution in [0.25, 0.3) is 0 Å². The minimum atomic E-state index is -3.97. The van der Waals surface area contributed by atoms with E-state index in [1.165, 1.54) is 24.0 Å². The van der Waals surface area contributed by atoms with Gasteiger partial charge in [-0.2, -0.15) is 0 Å². The van der Waals surface area contributed by atoms with Crippen LogP contribution in [-0.2, 0) is 32.6 Å². The van der Waals surface area contributed by atoms with E-state index >= 15 is 0 Å². The van der Waals surface area contributed by atoms with Crippen molar-refractivity contribution in [3.63, 3.8) is 0 Å². The lowest BCUT2D eigenvalue weighted by Crippen LogP contribution is -2.56. The predicted octanol–water partition coefficient (Wildman–Crippen LogP) is 5.52. The normalized spacial score (nSPS) is 12.4. The molecule has 11 heteroatoms. The third-order valence-corrected chi connectivity index (χ3v) is 8.21. The number of hydrogen-bond acceptors (Lipinski definition) is 5. The number of nitrogens with one attached hydrogen (secondary N) is 1. The highest BCUT2D eigenvalue weighted by atomic mass is 35.5. The molecule has 3 rings (SSSR count). The van der Waals surface area contributed by atoms with Crippen molar-refractivity contribution in [2.45, 2.75) is 52.2 Å². The number of nitrogens with zero attached hydrogens (tertiary/aromatic N) is 2. The summed E-state index contributed by atoms with van der Waals surface area (Å²) in [7, 11) is -3.97. The van der Waals surface area contributed by atoms with E-state index in [-0.39, 0.29) is 29.5 Å². The second-order valence-corrected chi connectivity index (χ2v) is 13.8. The number of amides is 2. The molecule has 8 nitrogen and oxygen atoms in total. The summed E-state index contributed by atoms with van der Waals surface area (Å²) in [4.78, 5) is 41.3. The molecule has 2 amide bonds. The first-order chi connectivity index (χ1) is 19.5. The summed E-state index contributed by atoms with van der Waals surface area (Å²) < 4.78 is 26.8. The molecule has 0 bridgehead atoms. The van der Waals surface area contributed by atoms with E-state index in [4.69, 9.17) is 23.2 Å². The minimum absolute atomic E-state index is 0.0458. The van der Waals surface area contributed by atoms with Gasteiger partial charge in [0, 0.05) is 24.1 Å². The van der Waals surface area contributed by atoms with Gasteiger partial charge in [-0.1, -0.05) is 71.7 Å². The third kappa shape index (κ3) is 9.31. The smallest absolute Gasteiger partial charge is 0.244 e. The highest BCUT2D eigenvalue weighted by Crippen LogP contribution is 2.26. The van der Waals surface area contributed by atoms with E-state index in [1.807, 2.05) is 51.1 Å². The predicted molar refractivity (Wildman–Crippen MR) is 167 cm³/mol. The molecule has 0 saturated heterocycles. The standard InChI is InChI=1S/C31H35Cl2N3O5S/c1-21(37)24-12-9-13-25(18-24)36(42(5,40)41)20-29(38)35(19-23-14-15-26(32)27(33)16-23)28(30(39)34-31(2,3)4)17-22-10-7-6-8-11-22/h6-16,18,28H,17,19-20H2,1-5H3,(H,34,39). The van der Waals surface area contributed by atoms with Crippen molar-refractivity contribution in [3.8, 4) is 0 Å². The van der Waals surface area contributed by atoms with Gasteiger partial charge in [0.15, 0.2) is 5.78 Å². The van der Waals surface area contributed by atoms with E-state index in [1.54, 1.807) is 30.3 Å². The second-order valence-electron chi connectivity index (χ2n) is 11.1. The van der Waals surface area contributed by atoms with Crippen LogP contribution >= 0.6 is 23.2 Å². The lowest BCUT2D eigenvalue weighted by atomic mass is 10.0. The zero-order valence-electron chi connectivity index (χ0n) is 24.2. The monoisotopic (exact) mass is 631 g/mol. The van der Waals surface area contributed by atoms with Crippen molar-refractivity contribution >= 4 is 56.5 Å². The first-order valence-electron chi connectivity index (χ1n) is 13.2. The molecule has 0 aromatic heterocycles. The van der Waals surface area contributed by atoms with E-state index < -0.39 is 40.0 Å². The number of carbonyl (C=O) groups excluding carboxylic acids is 3. The molecule has 1 N–H and O–H groups in total. The van der Waals surface area contributed by atoms with Gasteiger partial charge in [0.25, 0.3) is 0 Å². The maximum absolute atomic E-state index is 14.2. The summed E-state index contributed by atoms with van der Waals surface area (Å²) in [6, 6.07) is 19.2. The van der Waals surface area contributed by atoms with Crippen molar-refractivity contribution in [1.29, 1.82) is 0 Å². The van der Waals surface area contributed by atoms with Crippen LogP contribution in [0.15, 0.2) is 72.8 Å². The molecule has 0 spiro atoms. The van der Waals surface area contributed by atoms with Gasteiger partial charge in [0.1, 0.15) is 12.6 Å². The fourth-order valence-corrected chi connectivity index (χ4v) is 5.50. The van der Waals surface area contributed by atoms with Crippen molar-refractivity contribution < 1.29 is 22.8 Å². The molecule has 0 aliphatic carbocycles. The van der Waals surface area contributed by atoms with Gasteiger partial charge in [-0.05, 0) is 63.1 Å². The van der Waals surface area contributed by atoms with Crippen LogP contribution in [-0.4, -0.2) is 55.3 Å². The number of sulfonamides is 1. The number of ketones is 1. The zero-order chi connectivity index (χ0) is 31.2. The van der Waals surface area contributed by atoms with Gasteiger partial charge < -0.3 is 10.2 Å². The maximum atomic E-state index is 14.2. The Bertz CT molecular complexity index is 1560. The molecule has 0 fully saturated rings. The number of halogens is 2. The van der Waals surface area contributed by atoms with Gasteiger partial charge in [-0.25, -0.2) is 8.42 Å². The molecular weight excluding hydrogens is 597 g/mol. The molecule has 1 atom stereocenters. The van der Waals surface area contributed by atoms with Gasteiger partial charge in [0.05, 0.1) is 22.0 Å². The highest BCUT2D eigenvalue weighted by Gasteiger charge is 2.34. The second kappa shape index (κ2) is 13.7. The molecule has 0 heterocycles. The fourth-order valence-electron chi connectivity index (χ4n) is 4.34. The van der Waals surface area contributed by atoms with Crippen LogP contribution in [0, 0.1) is 0 Å². The molecule has 3 aromatic carbocycles. The Kier molecular flexibility index (Phi) is 10.8. The SMILES string of the molecule is CC(=O)c1cccc(N(CC(=O)N(Cc2ccc(Cl)c(Cl)c2)C(Cc2ccccc2)C(=O)NC(C)(C)C)S(C)(=O)=O)c1.